The molecule has 0 bridgehead atoms. The number of fused-ring (bicyclic) bond motifs is 1. The van der Waals surface area contributed by atoms with Crippen LogP contribution in [0.3, 0.4) is 0 Å². The summed E-state index contributed by atoms with van der Waals surface area (Å²) >= 11 is 0. The highest BCUT2D eigenvalue weighted by Crippen LogP contribution is 2.28. The van der Waals surface area contributed by atoms with E-state index in [0.29, 0.717) is 12.1 Å². The molecule has 0 fully saturated rings. The van der Waals surface area contributed by atoms with Crippen molar-refractivity contribution >= 4 is 17.0 Å². The van der Waals surface area contributed by atoms with Crippen molar-refractivity contribution in [3.8, 4) is 11.1 Å². The van der Waals surface area contributed by atoms with Crippen molar-refractivity contribution in [2.75, 3.05) is 0 Å². The number of aryl methyl sites for hydroxylation is 2. The van der Waals surface area contributed by atoms with Crippen LogP contribution in [-0.2, 0) is 24.3 Å². The summed E-state index contributed by atoms with van der Waals surface area (Å²) in [5.41, 5.74) is 7.01. The van der Waals surface area contributed by atoms with E-state index in [-0.39, 0.29) is 12.6 Å². The molecule has 1 heterocycles. The van der Waals surface area contributed by atoms with Gasteiger partial charge in [-0.15, -0.1) is 0 Å². The van der Waals surface area contributed by atoms with Crippen molar-refractivity contribution in [1.29, 1.82) is 0 Å². The molecule has 0 saturated heterocycles. The van der Waals surface area contributed by atoms with Crippen LogP contribution in [-0.4, -0.2) is 26.2 Å². The van der Waals surface area contributed by atoms with E-state index in [9.17, 15) is 9.90 Å². The number of aliphatic hydroxyl groups is 1. The second-order valence-corrected chi connectivity index (χ2v) is 10.0. The molecule has 4 rings (SSSR count). The minimum Gasteiger partial charge on any atom is -0.456 e. The Kier molecular flexibility index (Phi) is 7.08. The van der Waals surface area contributed by atoms with Gasteiger partial charge in [-0.1, -0.05) is 55.5 Å². The third kappa shape index (κ3) is 5.46. The molecule has 5 heteroatoms. The molecule has 0 amide bonds. The predicted octanol–water partition coefficient (Wildman–Crippen LogP) is 6.46. The van der Waals surface area contributed by atoms with Gasteiger partial charge in [0.15, 0.2) is 0 Å². The Labute approximate surface area is 207 Å². The maximum Gasteiger partial charge on any atom is 0.339 e. The largest absolute Gasteiger partial charge is 0.456 e. The number of aliphatic hydroxyl groups excluding tert-OH is 1. The minimum absolute atomic E-state index is 0.0107. The number of imidazole rings is 1. The zero-order chi connectivity index (χ0) is 25.2. The molecule has 35 heavy (non-hydrogen) atoms. The molecule has 5 nitrogen and oxygen atoms in total. The highest BCUT2D eigenvalue weighted by molar-refractivity contribution is 5.97. The molecule has 1 aromatic heterocycles. The molecule has 0 aliphatic rings. The van der Waals surface area contributed by atoms with Crippen LogP contribution in [0.2, 0.25) is 0 Å². The van der Waals surface area contributed by atoms with Crippen LogP contribution < -0.4 is 0 Å². The first-order valence-corrected chi connectivity index (χ1v) is 12.2. The Hall–Kier alpha value is -3.44. The van der Waals surface area contributed by atoms with E-state index < -0.39 is 5.60 Å². The number of carbonyl (C=O) groups is 1. The van der Waals surface area contributed by atoms with Gasteiger partial charge in [-0.3, -0.25) is 0 Å². The third-order valence-electron chi connectivity index (χ3n) is 5.99. The molecule has 4 aromatic rings. The van der Waals surface area contributed by atoms with E-state index in [2.05, 4.69) is 35.8 Å². The molecule has 0 atom stereocenters. The average molecular weight is 471 g/mol. The van der Waals surface area contributed by atoms with Crippen molar-refractivity contribution in [2.45, 2.75) is 66.2 Å². The van der Waals surface area contributed by atoms with E-state index in [1.165, 1.54) is 0 Å². The fourth-order valence-corrected chi connectivity index (χ4v) is 4.41. The van der Waals surface area contributed by atoms with Crippen LogP contribution in [0.1, 0.15) is 67.0 Å². The maximum atomic E-state index is 12.8. The lowest BCUT2D eigenvalue weighted by Crippen LogP contribution is -2.24. The number of benzene rings is 3. The number of ether oxygens (including phenoxy) is 1. The second kappa shape index (κ2) is 10.0. The fourth-order valence-electron chi connectivity index (χ4n) is 4.41. The lowest BCUT2D eigenvalue weighted by Gasteiger charge is -2.20. The number of aromatic nitrogens is 2. The fraction of sp³-hybridized carbons (Fsp3) is 0.333. The quantitative estimate of drug-likeness (QED) is 0.315. The van der Waals surface area contributed by atoms with Crippen molar-refractivity contribution in [1.82, 2.24) is 9.55 Å². The van der Waals surface area contributed by atoms with Gasteiger partial charge in [-0.05, 0) is 74.1 Å². The molecule has 0 aliphatic heterocycles. The van der Waals surface area contributed by atoms with Crippen LogP contribution in [0.25, 0.3) is 22.2 Å². The highest BCUT2D eigenvalue weighted by Gasteiger charge is 2.21. The summed E-state index contributed by atoms with van der Waals surface area (Å²) in [4.78, 5) is 17.7. The van der Waals surface area contributed by atoms with E-state index in [1.54, 1.807) is 0 Å². The van der Waals surface area contributed by atoms with Gasteiger partial charge in [-0.2, -0.15) is 0 Å². The summed E-state index contributed by atoms with van der Waals surface area (Å²) in [7, 11) is 0. The van der Waals surface area contributed by atoms with Gasteiger partial charge >= 0.3 is 5.97 Å². The predicted molar refractivity (Wildman–Crippen MR) is 141 cm³/mol. The molecule has 0 aliphatic carbocycles. The molecular weight excluding hydrogens is 436 g/mol. The Bertz CT molecular complexity index is 1340. The topological polar surface area (TPSA) is 64.4 Å². The SMILES string of the molecule is CCCc1nc2c(C)cc(CO)cc2n1Cc1ccc(-c2ccccc2C(=O)OC(C)(C)C)cc1. The standard InChI is InChI=1S/C30H34N2O3/c1-6-9-27-31-28-20(2)16-22(19-33)17-26(28)32(27)18-21-12-14-23(15-13-21)24-10-7-8-11-25(24)29(34)35-30(3,4)5/h7-8,10-17,33H,6,9,18-19H2,1-5H3. The molecule has 0 saturated carbocycles. The smallest absolute Gasteiger partial charge is 0.339 e. The first-order valence-electron chi connectivity index (χ1n) is 12.2. The lowest BCUT2D eigenvalue weighted by atomic mass is 9.98. The van der Waals surface area contributed by atoms with Crippen molar-refractivity contribution in [2.24, 2.45) is 0 Å². The van der Waals surface area contributed by atoms with Gasteiger partial charge < -0.3 is 14.4 Å². The number of hydrogen-bond donors (Lipinski definition) is 1. The van der Waals surface area contributed by atoms with Gasteiger partial charge in [0.05, 0.1) is 23.2 Å². The average Bonchev–Trinajstić information content (AvgIpc) is 3.16. The highest BCUT2D eigenvalue weighted by atomic mass is 16.6. The summed E-state index contributed by atoms with van der Waals surface area (Å²) in [6.07, 6.45) is 1.90. The van der Waals surface area contributed by atoms with Crippen LogP contribution in [0.4, 0.5) is 0 Å². The number of carbonyl (C=O) groups excluding carboxylic acids is 1. The lowest BCUT2D eigenvalue weighted by molar-refractivity contribution is 0.00704. The van der Waals surface area contributed by atoms with Gasteiger partial charge in [0.25, 0.3) is 0 Å². The van der Waals surface area contributed by atoms with Gasteiger partial charge in [0, 0.05) is 13.0 Å². The number of esters is 1. The Morgan fingerprint density at radius 1 is 1.03 bits per heavy atom. The van der Waals surface area contributed by atoms with E-state index in [0.717, 1.165) is 57.5 Å². The number of nitrogens with zero attached hydrogens (tertiary/aromatic N) is 2. The molecule has 182 valence electrons. The summed E-state index contributed by atoms with van der Waals surface area (Å²) in [6.45, 7) is 10.5. The second-order valence-electron chi connectivity index (χ2n) is 10.0. The Morgan fingerprint density at radius 3 is 2.40 bits per heavy atom. The van der Waals surface area contributed by atoms with Crippen LogP contribution >= 0.6 is 0 Å². The zero-order valence-electron chi connectivity index (χ0n) is 21.3. The van der Waals surface area contributed by atoms with E-state index in [4.69, 9.17) is 9.72 Å². The maximum absolute atomic E-state index is 12.8. The first-order chi connectivity index (χ1) is 16.7. The Balaban J connectivity index is 1.67. The summed E-state index contributed by atoms with van der Waals surface area (Å²) in [5.74, 6) is 0.737. The van der Waals surface area contributed by atoms with Crippen molar-refractivity contribution in [3.05, 3.63) is 88.7 Å². The van der Waals surface area contributed by atoms with Crippen LogP contribution in [0, 0.1) is 6.92 Å². The molecule has 0 radical (unpaired) electrons. The van der Waals surface area contributed by atoms with Crippen molar-refractivity contribution in [3.63, 3.8) is 0 Å². The van der Waals surface area contributed by atoms with Crippen LogP contribution in [0.5, 0.6) is 0 Å². The van der Waals surface area contributed by atoms with E-state index in [1.807, 2.05) is 64.1 Å². The zero-order valence-corrected chi connectivity index (χ0v) is 21.3. The van der Waals surface area contributed by atoms with Gasteiger partial charge in [0.2, 0.25) is 0 Å². The summed E-state index contributed by atoms with van der Waals surface area (Å²) in [5, 5.41) is 9.71. The van der Waals surface area contributed by atoms with E-state index >= 15 is 0 Å². The molecular formula is C30H34N2O3. The number of hydrogen-bond acceptors (Lipinski definition) is 4. The molecule has 3 aromatic carbocycles. The van der Waals surface area contributed by atoms with Crippen LogP contribution in [0.15, 0.2) is 60.7 Å². The summed E-state index contributed by atoms with van der Waals surface area (Å²) in [6, 6.07) is 19.9. The van der Waals surface area contributed by atoms with Gasteiger partial charge in [-0.25, -0.2) is 9.78 Å². The third-order valence-corrected chi connectivity index (χ3v) is 5.99. The molecule has 0 spiro atoms. The summed E-state index contributed by atoms with van der Waals surface area (Å²) < 4.78 is 7.88. The minimum atomic E-state index is -0.550. The Morgan fingerprint density at radius 2 is 1.74 bits per heavy atom. The normalized spacial score (nSPS) is 11.7. The first kappa shape index (κ1) is 24.7. The number of rotatable bonds is 7. The monoisotopic (exact) mass is 470 g/mol. The molecule has 1 N–H and O–H groups in total. The van der Waals surface area contributed by atoms with Crippen molar-refractivity contribution < 1.29 is 14.6 Å². The van der Waals surface area contributed by atoms with Gasteiger partial charge in [0.1, 0.15) is 11.4 Å². The molecule has 0 unspecified atom stereocenters.